The van der Waals surface area contributed by atoms with Crippen LogP contribution in [-0.4, -0.2) is 35.7 Å². The van der Waals surface area contributed by atoms with Gasteiger partial charge in [-0.05, 0) is 50.1 Å². The third-order valence-electron chi connectivity index (χ3n) is 3.58. The first-order chi connectivity index (χ1) is 9.51. The number of carbonyl (C=O) groups excluding carboxylic acids is 1. The first kappa shape index (κ1) is 18.2. The molecule has 0 aromatic heterocycles. The molecule has 2 rings (SSSR count). The van der Waals surface area contributed by atoms with Gasteiger partial charge in [0.1, 0.15) is 0 Å². The lowest BCUT2D eigenvalue weighted by molar-refractivity contribution is 0.0743. The van der Waals surface area contributed by atoms with Crippen LogP contribution in [-0.2, 0) is 0 Å². The predicted octanol–water partition coefficient (Wildman–Crippen LogP) is 3.23. The molecule has 2 unspecified atom stereocenters. The van der Waals surface area contributed by atoms with E-state index in [4.69, 9.17) is 5.73 Å². The van der Waals surface area contributed by atoms with Crippen molar-refractivity contribution in [1.29, 1.82) is 0 Å². The number of carbonyl (C=O) groups is 1. The second-order valence-corrected chi connectivity index (χ2v) is 6.11. The Balaban J connectivity index is 0.00000220. The molecule has 1 aliphatic heterocycles. The summed E-state index contributed by atoms with van der Waals surface area (Å²) in [6.45, 7) is 3.26. The molecular weight excluding hydrogens is 318 g/mol. The molecule has 2 N–H and O–H groups in total. The summed E-state index contributed by atoms with van der Waals surface area (Å²) in [5.74, 6) is -2.15. The van der Waals surface area contributed by atoms with Crippen molar-refractivity contribution in [1.82, 2.24) is 4.90 Å². The topological polar surface area (TPSA) is 46.3 Å². The lowest BCUT2D eigenvalue weighted by atomic mass is 10.1. The van der Waals surface area contributed by atoms with Gasteiger partial charge in [-0.1, -0.05) is 11.8 Å². The number of amides is 1. The number of rotatable bonds is 4. The van der Waals surface area contributed by atoms with Crippen molar-refractivity contribution in [3.63, 3.8) is 0 Å². The maximum atomic E-state index is 12.4. The first-order valence-corrected chi connectivity index (χ1v) is 7.45. The molecule has 1 heterocycles. The highest BCUT2D eigenvalue weighted by molar-refractivity contribution is 7.99. The van der Waals surface area contributed by atoms with E-state index in [-0.39, 0.29) is 24.4 Å². The number of likely N-dealkylation sites (tertiary alicyclic amines) is 1. The Labute approximate surface area is 133 Å². The van der Waals surface area contributed by atoms with Crippen molar-refractivity contribution in [3.05, 3.63) is 29.8 Å². The van der Waals surface area contributed by atoms with Crippen molar-refractivity contribution in [3.8, 4) is 0 Å². The van der Waals surface area contributed by atoms with Crippen LogP contribution >= 0.6 is 24.2 Å². The largest absolute Gasteiger partial charge is 0.336 e. The average molecular weight is 337 g/mol. The smallest absolute Gasteiger partial charge is 0.288 e. The number of benzene rings is 1. The molecule has 0 saturated carbocycles. The van der Waals surface area contributed by atoms with Crippen LogP contribution in [0.4, 0.5) is 8.78 Å². The van der Waals surface area contributed by atoms with Gasteiger partial charge in [0, 0.05) is 23.0 Å². The summed E-state index contributed by atoms with van der Waals surface area (Å²) in [6.07, 6.45) is 0.918. The molecular formula is C14H19ClF2N2OS. The number of halogens is 3. The molecule has 1 fully saturated rings. The lowest BCUT2D eigenvalue weighted by Gasteiger charge is -2.21. The maximum Gasteiger partial charge on any atom is 0.288 e. The fourth-order valence-electron chi connectivity index (χ4n) is 2.54. The number of hydrogen-bond acceptors (Lipinski definition) is 3. The Morgan fingerprint density at radius 3 is 2.52 bits per heavy atom. The summed E-state index contributed by atoms with van der Waals surface area (Å²) >= 11 is 0.481. The Bertz CT molecular complexity index is 473. The van der Waals surface area contributed by atoms with Crippen molar-refractivity contribution in [2.45, 2.75) is 30.0 Å². The Morgan fingerprint density at radius 1 is 1.43 bits per heavy atom. The van der Waals surface area contributed by atoms with Gasteiger partial charge in [-0.3, -0.25) is 4.79 Å². The van der Waals surface area contributed by atoms with Crippen LogP contribution in [0.15, 0.2) is 29.2 Å². The number of alkyl halides is 2. The van der Waals surface area contributed by atoms with Crippen molar-refractivity contribution < 1.29 is 13.6 Å². The molecule has 1 aromatic rings. The molecule has 2 atom stereocenters. The van der Waals surface area contributed by atoms with Gasteiger partial charge in [-0.25, -0.2) is 0 Å². The van der Waals surface area contributed by atoms with Gasteiger partial charge < -0.3 is 10.6 Å². The summed E-state index contributed by atoms with van der Waals surface area (Å²) in [5.41, 5.74) is 6.19. The van der Waals surface area contributed by atoms with E-state index >= 15 is 0 Å². The van der Waals surface area contributed by atoms with Gasteiger partial charge in [0.25, 0.3) is 11.7 Å². The molecule has 7 heteroatoms. The van der Waals surface area contributed by atoms with Gasteiger partial charge in [0.15, 0.2) is 0 Å². The minimum absolute atomic E-state index is 0. The van der Waals surface area contributed by atoms with Crippen LogP contribution in [0.3, 0.4) is 0 Å². The molecule has 0 spiro atoms. The zero-order valence-corrected chi connectivity index (χ0v) is 13.3. The number of thioether (sulfide) groups is 1. The van der Waals surface area contributed by atoms with Gasteiger partial charge in [-0.2, -0.15) is 8.78 Å². The molecule has 1 amide bonds. The number of nitrogens with zero attached hydrogens (tertiary/aromatic N) is 1. The lowest BCUT2D eigenvalue weighted by Crippen LogP contribution is -2.34. The Kier molecular flexibility index (Phi) is 6.90. The van der Waals surface area contributed by atoms with Crippen molar-refractivity contribution >= 4 is 30.1 Å². The van der Waals surface area contributed by atoms with E-state index in [2.05, 4.69) is 0 Å². The molecule has 118 valence electrons. The van der Waals surface area contributed by atoms with E-state index in [0.29, 0.717) is 41.2 Å². The Morgan fingerprint density at radius 2 is 2.05 bits per heavy atom. The summed E-state index contributed by atoms with van der Waals surface area (Å²) in [5, 5.41) is 0. The maximum absolute atomic E-state index is 12.4. The molecule has 1 aliphatic rings. The van der Waals surface area contributed by atoms with E-state index in [1.54, 1.807) is 24.3 Å². The minimum Gasteiger partial charge on any atom is -0.336 e. The average Bonchev–Trinajstić information content (AvgIpc) is 2.79. The summed E-state index contributed by atoms with van der Waals surface area (Å²) in [6, 6.07) is 6.51. The fourth-order valence-corrected chi connectivity index (χ4v) is 3.04. The molecule has 0 bridgehead atoms. The monoisotopic (exact) mass is 336 g/mol. The normalized spacial score (nSPS) is 21.5. The molecule has 1 saturated heterocycles. The van der Waals surface area contributed by atoms with Gasteiger partial charge in [0.05, 0.1) is 0 Å². The quantitative estimate of drug-likeness (QED) is 0.859. The van der Waals surface area contributed by atoms with Gasteiger partial charge in [0.2, 0.25) is 0 Å². The van der Waals surface area contributed by atoms with Crippen LogP contribution in [0.5, 0.6) is 0 Å². The third kappa shape index (κ3) is 4.56. The van der Waals surface area contributed by atoms with Crippen LogP contribution in [0, 0.1) is 5.92 Å². The van der Waals surface area contributed by atoms with E-state index < -0.39 is 5.76 Å². The van der Waals surface area contributed by atoms with E-state index in [1.807, 2.05) is 11.8 Å². The standard InChI is InChI=1S/C14H18F2N2OS.ClH/c1-9-6-10(7-17)8-18(9)13(19)11-2-4-12(5-3-11)20-14(15)16;/h2-5,9-10,14H,6-8,17H2,1H3;1H. The van der Waals surface area contributed by atoms with Crippen LogP contribution < -0.4 is 5.73 Å². The van der Waals surface area contributed by atoms with E-state index in [1.165, 1.54) is 0 Å². The molecule has 3 nitrogen and oxygen atoms in total. The van der Waals surface area contributed by atoms with Crippen molar-refractivity contribution in [2.24, 2.45) is 11.7 Å². The van der Waals surface area contributed by atoms with Crippen LogP contribution in [0.25, 0.3) is 0 Å². The minimum atomic E-state index is -2.44. The third-order valence-corrected chi connectivity index (χ3v) is 4.30. The summed E-state index contributed by atoms with van der Waals surface area (Å²) in [4.78, 5) is 14.7. The molecule has 0 aliphatic carbocycles. The van der Waals surface area contributed by atoms with Crippen molar-refractivity contribution in [2.75, 3.05) is 13.1 Å². The van der Waals surface area contributed by atoms with Crippen LogP contribution in [0.1, 0.15) is 23.7 Å². The van der Waals surface area contributed by atoms with E-state index in [9.17, 15) is 13.6 Å². The summed E-state index contributed by atoms with van der Waals surface area (Å²) < 4.78 is 24.5. The highest BCUT2D eigenvalue weighted by Gasteiger charge is 2.31. The van der Waals surface area contributed by atoms with Gasteiger partial charge in [-0.15, -0.1) is 12.4 Å². The molecule has 21 heavy (non-hydrogen) atoms. The second kappa shape index (κ2) is 7.96. The van der Waals surface area contributed by atoms with Gasteiger partial charge >= 0.3 is 0 Å². The Hall–Kier alpha value is -0.850. The second-order valence-electron chi connectivity index (χ2n) is 5.05. The highest BCUT2D eigenvalue weighted by atomic mass is 35.5. The first-order valence-electron chi connectivity index (χ1n) is 6.57. The van der Waals surface area contributed by atoms with E-state index in [0.717, 1.165) is 6.42 Å². The molecule has 0 radical (unpaired) electrons. The summed E-state index contributed by atoms with van der Waals surface area (Å²) in [7, 11) is 0. The number of hydrogen-bond donors (Lipinski definition) is 1. The number of nitrogens with two attached hydrogens (primary N) is 1. The zero-order valence-electron chi connectivity index (χ0n) is 11.7. The van der Waals surface area contributed by atoms with Crippen LogP contribution in [0.2, 0.25) is 0 Å². The highest BCUT2D eigenvalue weighted by Crippen LogP contribution is 2.27. The molecule has 1 aromatic carbocycles. The predicted molar refractivity (Wildman–Crippen MR) is 83.2 cm³/mol. The fraction of sp³-hybridized carbons (Fsp3) is 0.500. The SMILES string of the molecule is CC1CC(CN)CN1C(=O)c1ccc(SC(F)F)cc1.Cl. The zero-order chi connectivity index (χ0) is 14.7.